The van der Waals surface area contributed by atoms with Crippen LogP contribution in [0.15, 0.2) is 24.3 Å². The van der Waals surface area contributed by atoms with Gasteiger partial charge < -0.3 is 19.9 Å². The lowest BCUT2D eigenvalue weighted by molar-refractivity contribution is -0.143. The Morgan fingerprint density at radius 2 is 1.67 bits per heavy atom. The molecule has 2 aromatic rings. The number of fused-ring (bicyclic) bond motifs is 1. The van der Waals surface area contributed by atoms with E-state index in [-0.39, 0.29) is 43.3 Å². The highest BCUT2D eigenvalue weighted by Crippen LogP contribution is 2.36. The second kappa shape index (κ2) is 9.64. The second-order valence-electron chi connectivity index (χ2n) is 8.74. The molecule has 1 saturated heterocycles. The lowest BCUT2D eigenvalue weighted by atomic mass is 10.1. The molecule has 1 atom stereocenters. The molecule has 2 aliphatic rings. The van der Waals surface area contributed by atoms with Gasteiger partial charge >= 0.3 is 18.4 Å². The first kappa shape index (κ1) is 25.8. The molecule has 196 valence electrons. The van der Waals surface area contributed by atoms with Crippen molar-refractivity contribution in [3.05, 3.63) is 52.3 Å². The highest BCUT2D eigenvalue weighted by Gasteiger charge is 2.37. The number of rotatable bonds is 3. The third-order valence-electron chi connectivity index (χ3n) is 5.94. The van der Waals surface area contributed by atoms with E-state index in [1.165, 1.54) is 4.90 Å². The van der Waals surface area contributed by atoms with E-state index in [9.17, 15) is 35.9 Å². The minimum absolute atomic E-state index is 0.0110. The Labute approximate surface area is 201 Å². The fraction of sp³-hybridized carbons (Fsp3) is 0.500. The van der Waals surface area contributed by atoms with Crippen LogP contribution in [0.2, 0.25) is 0 Å². The summed E-state index contributed by atoms with van der Waals surface area (Å²) in [6.07, 6.45) is -10.9. The van der Waals surface area contributed by atoms with Crippen LogP contribution in [0.25, 0.3) is 0 Å². The Bertz CT molecular complexity index is 1110. The number of amides is 2. The molecule has 1 fully saturated rings. The van der Waals surface area contributed by atoms with Gasteiger partial charge in [0.1, 0.15) is 6.61 Å². The summed E-state index contributed by atoms with van der Waals surface area (Å²) < 4.78 is 84.9. The van der Waals surface area contributed by atoms with Gasteiger partial charge in [-0.1, -0.05) is 0 Å². The quantitative estimate of drug-likeness (QED) is 0.629. The molecule has 4 rings (SSSR count). The number of piperazine rings is 1. The largest absolute Gasteiger partial charge is 0.445 e. The smallest absolute Gasteiger partial charge is 0.416 e. The topological polar surface area (TPSA) is 79.7 Å². The highest BCUT2D eigenvalue weighted by atomic mass is 19.4. The van der Waals surface area contributed by atoms with Crippen molar-refractivity contribution in [3.63, 3.8) is 0 Å². The van der Waals surface area contributed by atoms with Crippen LogP contribution in [0.1, 0.15) is 39.8 Å². The fourth-order valence-corrected chi connectivity index (χ4v) is 4.14. The molecule has 1 N–H and O–H groups in total. The number of nitrogens with zero attached hydrogens (tertiary/aromatic N) is 4. The summed E-state index contributed by atoms with van der Waals surface area (Å²) in [7, 11) is 0. The third kappa shape index (κ3) is 5.74. The molecule has 14 heteroatoms. The average Bonchev–Trinajstić information content (AvgIpc) is 3.24. The Kier molecular flexibility index (Phi) is 6.90. The van der Waals surface area contributed by atoms with Crippen molar-refractivity contribution in [3.8, 4) is 0 Å². The molecule has 36 heavy (non-hydrogen) atoms. The maximum atomic E-state index is 13.0. The lowest BCUT2D eigenvalue weighted by Gasteiger charge is -2.31. The number of nitrogens with one attached hydrogen (secondary N) is 1. The standard InChI is InChI=1S/C22H23F6N5O3/c1-13-10-31(3-2-29-13)19(34)18-9-17-11-32(4-5-33(17)30-18)20(35)36-12-14-6-15(21(23,24)25)8-16(7-14)22(26,27)28/h6-9,13,29H,2-5,10-12H2,1H3. The molecule has 0 saturated carbocycles. The Hall–Kier alpha value is -3.29. The lowest BCUT2D eigenvalue weighted by Crippen LogP contribution is -2.51. The first-order valence-corrected chi connectivity index (χ1v) is 11.1. The zero-order valence-corrected chi connectivity index (χ0v) is 19.1. The molecule has 0 spiro atoms. The van der Waals surface area contributed by atoms with Crippen molar-refractivity contribution in [2.75, 3.05) is 26.2 Å². The zero-order chi connectivity index (χ0) is 26.3. The normalized spacial score (nSPS) is 18.7. The SMILES string of the molecule is CC1CN(C(=O)c2cc3n(n2)CCN(C(=O)OCc2cc(C(F)(F)F)cc(C(F)(F)F)c2)C3)CCN1. The molecule has 1 aromatic heterocycles. The van der Waals surface area contributed by atoms with Crippen LogP contribution in [0.4, 0.5) is 31.1 Å². The van der Waals surface area contributed by atoms with Crippen LogP contribution < -0.4 is 5.32 Å². The summed E-state index contributed by atoms with van der Waals surface area (Å²) in [6, 6.07) is 2.76. The van der Waals surface area contributed by atoms with Crippen molar-refractivity contribution in [1.29, 1.82) is 0 Å². The van der Waals surface area contributed by atoms with Crippen LogP contribution in [0, 0.1) is 0 Å². The predicted octanol–water partition coefficient (Wildman–Crippen LogP) is 3.51. The number of hydrogen-bond donors (Lipinski definition) is 1. The van der Waals surface area contributed by atoms with Gasteiger partial charge in [-0.15, -0.1) is 0 Å². The fourth-order valence-electron chi connectivity index (χ4n) is 4.14. The first-order chi connectivity index (χ1) is 16.8. The summed E-state index contributed by atoms with van der Waals surface area (Å²) in [6.45, 7) is 3.33. The minimum Gasteiger partial charge on any atom is -0.445 e. The van der Waals surface area contributed by atoms with E-state index in [1.807, 2.05) is 6.92 Å². The van der Waals surface area contributed by atoms with E-state index in [4.69, 9.17) is 4.74 Å². The number of aromatic nitrogens is 2. The van der Waals surface area contributed by atoms with Gasteiger partial charge in [0.25, 0.3) is 5.91 Å². The molecule has 0 radical (unpaired) electrons. The van der Waals surface area contributed by atoms with Gasteiger partial charge in [-0.2, -0.15) is 31.4 Å². The summed E-state index contributed by atoms with van der Waals surface area (Å²) in [4.78, 5) is 28.2. The van der Waals surface area contributed by atoms with Crippen LogP contribution in [0.3, 0.4) is 0 Å². The number of alkyl halides is 6. The van der Waals surface area contributed by atoms with Gasteiger partial charge in [-0.05, 0) is 36.8 Å². The van der Waals surface area contributed by atoms with Crippen molar-refractivity contribution >= 4 is 12.0 Å². The van der Waals surface area contributed by atoms with Gasteiger partial charge in [-0.25, -0.2) is 4.79 Å². The van der Waals surface area contributed by atoms with Crippen LogP contribution >= 0.6 is 0 Å². The molecular weight excluding hydrogens is 496 g/mol. The van der Waals surface area contributed by atoms with Gasteiger partial charge in [0.05, 0.1) is 29.9 Å². The Morgan fingerprint density at radius 3 is 2.28 bits per heavy atom. The molecule has 0 aliphatic carbocycles. The van der Waals surface area contributed by atoms with E-state index in [0.29, 0.717) is 37.5 Å². The Morgan fingerprint density at radius 1 is 1.00 bits per heavy atom. The number of hydrogen-bond acceptors (Lipinski definition) is 5. The van der Waals surface area contributed by atoms with Gasteiger partial charge in [0.15, 0.2) is 5.69 Å². The summed E-state index contributed by atoms with van der Waals surface area (Å²) in [5.41, 5.74) is -2.62. The average molecular weight is 519 g/mol. The van der Waals surface area contributed by atoms with E-state index in [1.54, 1.807) is 15.6 Å². The van der Waals surface area contributed by atoms with Crippen molar-refractivity contribution < 1.29 is 40.7 Å². The molecule has 0 bridgehead atoms. The zero-order valence-electron chi connectivity index (χ0n) is 19.1. The van der Waals surface area contributed by atoms with Crippen molar-refractivity contribution in [2.24, 2.45) is 0 Å². The second-order valence-corrected chi connectivity index (χ2v) is 8.74. The van der Waals surface area contributed by atoms with Crippen LogP contribution in [-0.2, 0) is 36.8 Å². The Balaban J connectivity index is 1.41. The molecular formula is C22H23F6N5O3. The highest BCUT2D eigenvalue weighted by molar-refractivity contribution is 5.92. The van der Waals surface area contributed by atoms with E-state index >= 15 is 0 Å². The molecule has 2 aliphatic heterocycles. The molecule has 8 nitrogen and oxygen atoms in total. The number of halogens is 6. The number of carbonyl (C=O) groups is 2. The van der Waals surface area contributed by atoms with Gasteiger partial charge in [0, 0.05) is 32.2 Å². The van der Waals surface area contributed by atoms with E-state index in [2.05, 4.69) is 10.4 Å². The van der Waals surface area contributed by atoms with Gasteiger partial charge in [-0.3, -0.25) is 9.48 Å². The molecule has 1 unspecified atom stereocenters. The summed E-state index contributed by atoms with van der Waals surface area (Å²) in [5.74, 6) is -0.232. The molecule has 1 aromatic carbocycles. The van der Waals surface area contributed by atoms with Crippen LogP contribution in [-0.4, -0.2) is 63.8 Å². The molecule has 2 amide bonds. The number of benzene rings is 1. The number of carbonyl (C=O) groups excluding carboxylic acids is 2. The van der Waals surface area contributed by atoms with Gasteiger partial charge in [0.2, 0.25) is 0 Å². The van der Waals surface area contributed by atoms with Crippen molar-refractivity contribution in [2.45, 2.75) is 45.0 Å². The molecule has 3 heterocycles. The maximum absolute atomic E-state index is 13.0. The summed E-state index contributed by atoms with van der Waals surface area (Å²) >= 11 is 0. The minimum atomic E-state index is -5.00. The monoisotopic (exact) mass is 519 g/mol. The van der Waals surface area contributed by atoms with Crippen LogP contribution in [0.5, 0.6) is 0 Å². The number of ether oxygens (including phenoxy) is 1. The maximum Gasteiger partial charge on any atom is 0.416 e. The first-order valence-electron chi connectivity index (χ1n) is 11.1. The van der Waals surface area contributed by atoms with E-state index < -0.39 is 41.7 Å². The van der Waals surface area contributed by atoms with E-state index in [0.717, 1.165) is 0 Å². The third-order valence-corrected chi connectivity index (χ3v) is 5.94. The predicted molar refractivity (Wildman–Crippen MR) is 113 cm³/mol. The van der Waals surface area contributed by atoms with Crippen molar-refractivity contribution in [1.82, 2.24) is 24.9 Å². The summed E-state index contributed by atoms with van der Waals surface area (Å²) in [5, 5.41) is 7.56.